The summed E-state index contributed by atoms with van der Waals surface area (Å²) in [5.41, 5.74) is 0.255. The first-order chi connectivity index (χ1) is 7.44. The zero-order valence-corrected chi connectivity index (χ0v) is 11.7. The average Bonchev–Trinajstić information content (AvgIpc) is 2.71. The molecule has 1 N–H and O–H groups in total. The Labute approximate surface area is 105 Å². The maximum Gasteiger partial charge on any atom is 0.108 e. The third kappa shape index (κ3) is 1.93. The number of halogens is 1. The van der Waals surface area contributed by atoms with Crippen LogP contribution in [0.2, 0.25) is 0 Å². The molecule has 3 nitrogen and oxygen atoms in total. The molecule has 0 saturated heterocycles. The zero-order valence-electron chi connectivity index (χ0n) is 10.1. The Morgan fingerprint density at radius 2 is 2.31 bits per heavy atom. The van der Waals surface area contributed by atoms with Gasteiger partial charge in [-0.2, -0.15) is 5.10 Å². The first-order valence-corrected chi connectivity index (χ1v) is 6.69. The predicted molar refractivity (Wildman–Crippen MR) is 67.2 cm³/mol. The minimum absolute atomic E-state index is 0.279. The van der Waals surface area contributed by atoms with Crippen molar-refractivity contribution in [3.63, 3.8) is 0 Å². The highest BCUT2D eigenvalue weighted by atomic mass is 79.9. The zero-order chi connectivity index (χ0) is 11.9. The van der Waals surface area contributed by atoms with Crippen LogP contribution < -0.4 is 0 Å². The molecule has 1 fully saturated rings. The summed E-state index contributed by atoms with van der Waals surface area (Å²) in [7, 11) is 0. The lowest BCUT2D eigenvalue weighted by Crippen LogP contribution is -2.27. The monoisotopic (exact) mass is 286 g/mol. The van der Waals surface area contributed by atoms with Gasteiger partial charge in [-0.15, -0.1) is 0 Å². The number of nitrogens with zero attached hydrogens (tertiary/aromatic N) is 2. The number of hydrogen-bond acceptors (Lipinski definition) is 2. The Kier molecular flexibility index (Phi) is 3.14. The summed E-state index contributed by atoms with van der Waals surface area (Å²) in [6, 6.07) is 0.279. The highest BCUT2D eigenvalue weighted by Gasteiger charge is 2.41. The lowest BCUT2D eigenvalue weighted by atomic mass is 9.96. The van der Waals surface area contributed by atoms with Crippen molar-refractivity contribution in [3.05, 3.63) is 16.4 Å². The number of hydrogen-bond donors (Lipinski definition) is 1. The molecule has 0 aliphatic heterocycles. The van der Waals surface area contributed by atoms with Gasteiger partial charge in [0.2, 0.25) is 0 Å². The molecule has 0 bridgehead atoms. The third-order valence-electron chi connectivity index (χ3n) is 3.42. The fourth-order valence-corrected chi connectivity index (χ4v) is 3.29. The van der Waals surface area contributed by atoms with Gasteiger partial charge >= 0.3 is 0 Å². The largest absolute Gasteiger partial charge is 0.384 e. The van der Waals surface area contributed by atoms with Crippen molar-refractivity contribution in [3.8, 4) is 0 Å². The molecule has 16 heavy (non-hydrogen) atoms. The first-order valence-electron chi connectivity index (χ1n) is 5.90. The minimum Gasteiger partial charge on any atom is -0.384 e. The second-order valence-electron chi connectivity index (χ2n) is 5.26. The molecular formula is C12H19BrN2O. The molecule has 2 unspecified atom stereocenters. The van der Waals surface area contributed by atoms with Gasteiger partial charge in [0.15, 0.2) is 0 Å². The van der Waals surface area contributed by atoms with Gasteiger partial charge in [-0.25, -0.2) is 0 Å². The van der Waals surface area contributed by atoms with E-state index in [0.29, 0.717) is 5.92 Å². The van der Waals surface area contributed by atoms with Crippen LogP contribution in [0.15, 0.2) is 10.7 Å². The van der Waals surface area contributed by atoms with Gasteiger partial charge in [-0.3, -0.25) is 4.68 Å². The summed E-state index contributed by atoms with van der Waals surface area (Å²) in [6.07, 6.45) is 4.55. The van der Waals surface area contributed by atoms with Gasteiger partial charge in [0.05, 0.1) is 16.4 Å². The normalized spacial score (nSPS) is 30.2. The topological polar surface area (TPSA) is 38.1 Å². The van der Waals surface area contributed by atoms with Crippen molar-refractivity contribution in [2.45, 2.75) is 51.7 Å². The number of aliphatic hydroxyl groups is 1. The fourth-order valence-electron chi connectivity index (χ4n) is 2.65. The summed E-state index contributed by atoms with van der Waals surface area (Å²) in [5.74, 6) is 0.590. The maximum absolute atomic E-state index is 10.7. The van der Waals surface area contributed by atoms with E-state index in [2.05, 4.69) is 41.8 Å². The van der Waals surface area contributed by atoms with Gasteiger partial charge in [-0.1, -0.05) is 6.92 Å². The highest BCUT2D eigenvalue weighted by Crippen LogP contribution is 2.44. The quantitative estimate of drug-likeness (QED) is 0.906. The molecule has 1 aliphatic carbocycles. The van der Waals surface area contributed by atoms with Gasteiger partial charge in [0.1, 0.15) is 5.60 Å². The molecule has 0 spiro atoms. The second-order valence-corrected chi connectivity index (χ2v) is 6.11. The Balaban J connectivity index is 2.43. The van der Waals surface area contributed by atoms with Crippen molar-refractivity contribution in [2.24, 2.45) is 5.92 Å². The van der Waals surface area contributed by atoms with Gasteiger partial charge in [-0.05, 0) is 55.0 Å². The van der Waals surface area contributed by atoms with Crippen molar-refractivity contribution in [1.29, 1.82) is 0 Å². The molecule has 1 saturated carbocycles. The van der Waals surface area contributed by atoms with Gasteiger partial charge < -0.3 is 5.11 Å². The standard InChI is InChI=1S/C12H19BrN2O/c1-8(2)15-11(10(13)7-14-15)12(16)5-4-9(3)6-12/h7-9,16H,4-6H2,1-3H3. The molecule has 90 valence electrons. The maximum atomic E-state index is 10.7. The first kappa shape index (κ1) is 12.1. The molecule has 1 aromatic rings. The van der Waals surface area contributed by atoms with Crippen LogP contribution >= 0.6 is 15.9 Å². The second kappa shape index (κ2) is 4.15. The van der Waals surface area contributed by atoms with E-state index in [0.717, 1.165) is 29.4 Å². The Bertz CT molecular complexity index is 388. The van der Waals surface area contributed by atoms with E-state index in [4.69, 9.17) is 0 Å². The van der Waals surface area contributed by atoms with Crippen molar-refractivity contribution >= 4 is 15.9 Å². The third-order valence-corrected chi connectivity index (χ3v) is 4.00. The Morgan fingerprint density at radius 3 is 2.81 bits per heavy atom. The molecule has 1 aromatic heterocycles. The molecule has 0 radical (unpaired) electrons. The van der Waals surface area contributed by atoms with E-state index in [1.165, 1.54) is 0 Å². The number of aromatic nitrogens is 2. The summed E-state index contributed by atoms with van der Waals surface area (Å²) in [6.45, 7) is 6.37. The molecule has 0 aromatic carbocycles. The van der Waals surface area contributed by atoms with E-state index >= 15 is 0 Å². The Hall–Kier alpha value is -0.350. The lowest BCUT2D eigenvalue weighted by molar-refractivity contribution is 0.0295. The van der Waals surface area contributed by atoms with Gasteiger partial charge in [0.25, 0.3) is 0 Å². The average molecular weight is 287 g/mol. The molecule has 1 heterocycles. The van der Waals surface area contributed by atoms with E-state index in [1.54, 1.807) is 6.20 Å². The molecule has 2 atom stereocenters. The summed E-state index contributed by atoms with van der Waals surface area (Å²) >= 11 is 3.51. The van der Waals surface area contributed by atoms with Crippen LogP contribution in [0.1, 0.15) is 51.8 Å². The van der Waals surface area contributed by atoms with Crippen molar-refractivity contribution in [1.82, 2.24) is 9.78 Å². The number of rotatable bonds is 2. The summed E-state index contributed by atoms with van der Waals surface area (Å²) in [5, 5.41) is 15.1. The fraction of sp³-hybridized carbons (Fsp3) is 0.750. The lowest BCUT2D eigenvalue weighted by Gasteiger charge is -2.26. The minimum atomic E-state index is -0.695. The SMILES string of the molecule is CC1CCC(O)(c2c(Br)cnn2C(C)C)C1. The van der Waals surface area contributed by atoms with E-state index in [-0.39, 0.29) is 6.04 Å². The van der Waals surface area contributed by atoms with E-state index in [9.17, 15) is 5.11 Å². The smallest absolute Gasteiger partial charge is 0.108 e. The van der Waals surface area contributed by atoms with Gasteiger partial charge in [0, 0.05) is 6.04 Å². The van der Waals surface area contributed by atoms with Crippen LogP contribution in [0.3, 0.4) is 0 Å². The molecule has 0 amide bonds. The Morgan fingerprint density at radius 1 is 1.62 bits per heavy atom. The summed E-state index contributed by atoms with van der Waals surface area (Å²) in [4.78, 5) is 0. The molecule has 2 rings (SSSR count). The molecular weight excluding hydrogens is 268 g/mol. The van der Waals surface area contributed by atoms with E-state index < -0.39 is 5.60 Å². The highest BCUT2D eigenvalue weighted by molar-refractivity contribution is 9.10. The van der Waals surface area contributed by atoms with E-state index in [1.807, 2.05) is 4.68 Å². The van der Waals surface area contributed by atoms with Crippen LogP contribution in [0.25, 0.3) is 0 Å². The van der Waals surface area contributed by atoms with Crippen molar-refractivity contribution in [2.75, 3.05) is 0 Å². The predicted octanol–water partition coefficient (Wildman–Crippen LogP) is 3.23. The van der Waals surface area contributed by atoms with Crippen LogP contribution in [-0.2, 0) is 5.60 Å². The van der Waals surface area contributed by atoms with Crippen LogP contribution in [0.5, 0.6) is 0 Å². The molecule has 1 aliphatic rings. The van der Waals surface area contributed by atoms with Crippen molar-refractivity contribution < 1.29 is 5.11 Å². The van der Waals surface area contributed by atoms with Crippen LogP contribution in [0, 0.1) is 5.92 Å². The summed E-state index contributed by atoms with van der Waals surface area (Å²) < 4.78 is 2.86. The molecule has 4 heteroatoms. The van der Waals surface area contributed by atoms with Crippen LogP contribution in [0.4, 0.5) is 0 Å². The van der Waals surface area contributed by atoms with Crippen LogP contribution in [-0.4, -0.2) is 14.9 Å².